The van der Waals surface area contributed by atoms with Gasteiger partial charge in [0.1, 0.15) is 0 Å². The van der Waals surface area contributed by atoms with Crippen LogP contribution in [0.25, 0.3) is 0 Å². The van der Waals surface area contributed by atoms with Gasteiger partial charge >= 0.3 is 0 Å². The SMILES string of the molecule is CCC(C)(C)CCC(C)CCCO. The van der Waals surface area contributed by atoms with Crippen molar-refractivity contribution in [3.8, 4) is 0 Å². The molecule has 0 amide bonds. The minimum absolute atomic E-state index is 0.349. The molecule has 0 aromatic carbocycles. The van der Waals surface area contributed by atoms with Gasteiger partial charge in [-0.3, -0.25) is 0 Å². The second kappa shape index (κ2) is 6.42. The van der Waals surface area contributed by atoms with E-state index >= 15 is 0 Å². The fraction of sp³-hybridized carbons (Fsp3) is 1.00. The molecule has 13 heavy (non-hydrogen) atoms. The number of aliphatic hydroxyl groups is 1. The van der Waals surface area contributed by atoms with Crippen LogP contribution in [-0.4, -0.2) is 11.7 Å². The molecule has 0 saturated carbocycles. The fourth-order valence-corrected chi connectivity index (χ4v) is 1.40. The third-order valence-corrected chi connectivity index (χ3v) is 3.13. The van der Waals surface area contributed by atoms with Crippen molar-refractivity contribution in [1.29, 1.82) is 0 Å². The zero-order valence-electron chi connectivity index (χ0n) is 9.77. The van der Waals surface area contributed by atoms with Crippen molar-refractivity contribution in [3.63, 3.8) is 0 Å². The Morgan fingerprint density at radius 3 is 2.31 bits per heavy atom. The first kappa shape index (κ1) is 13.0. The molecule has 1 nitrogen and oxygen atoms in total. The van der Waals surface area contributed by atoms with E-state index in [4.69, 9.17) is 5.11 Å². The molecule has 1 heteroatoms. The van der Waals surface area contributed by atoms with Gasteiger partial charge in [0.25, 0.3) is 0 Å². The van der Waals surface area contributed by atoms with E-state index in [1.165, 1.54) is 25.7 Å². The normalized spacial score (nSPS) is 14.5. The van der Waals surface area contributed by atoms with Crippen LogP contribution in [0.1, 0.15) is 59.8 Å². The van der Waals surface area contributed by atoms with Gasteiger partial charge in [0.15, 0.2) is 0 Å². The van der Waals surface area contributed by atoms with Crippen LogP contribution in [0.2, 0.25) is 0 Å². The quantitative estimate of drug-likeness (QED) is 0.644. The number of hydrogen-bond acceptors (Lipinski definition) is 1. The zero-order valence-corrected chi connectivity index (χ0v) is 9.77. The predicted molar refractivity (Wildman–Crippen MR) is 58.8 cm³/mol. The van der Waals surface area contributed by atoms with Crippen LogP contribution >= 0.6 is 0 Å². The molecule has 0 heterocycles. The maximum absolute atomic E-state index is 8.69. The maximum atomic E-state index is 8.69. The van der Waals surface area contributed by atoms with Crippen molar-refractivity contribution in [2.45, 2.75) is 59.8 Å². The second-order valence-electron chi connectivity index (χ2n) is 5.03. The van der Waals surface area contributed by atoms with Gasteiger partial charge in [0, 0.05) is 6.61 Å². The van der Waals surface area contributed by atoms with E-state index in [-0.39, 0.29) is 0 Å². The lowest BCUT2D eigenvalue weighted by Gasteiger charge is -2.24. The van der Waals surface area contributed by atoms with Crippen molar-refractivity contribution in [2.75, 3.05) is 6.61 Å². The van der Waals surface area contributed by atoms with Crippen molar-refractivity contribution in [3.05, 3.63) is 0 Å². The summed E-state index contributed by atoms with van der Waals surface area (Å²) in [6, 6.07) is 0. The minimum Gasteiger partial charge on any atom is -0.396 e. The van der Waals surface area contributed by atoms with E-state index in [0.717, 1.165) is 12.3 Å². The molecule has 0 aliphatic heterocycles. The molecule has 80 valence electrons. The summed E-state index contributed by atoms with van der Waals surface area (Å²) in [6.07, 6.45) is 6.03. The molecular weight excluding hydrogens is 160 g/mol. The van der Waals surface area contributed by atoms with Crippen LogP contribution in [0.4, 0.5) is 0 Å². The molecule has 0 aliphatic rings. The molecule has 0 aromatic rings. The van der Waals surface area contributed by atoms with Crippen molar-refractivity contribution < 1.29 is 5.11 Å². The highest BCUT2D eigenvalue weighted by Crippen LogP contribution is 2.29. The number of rotatable bonds is 7. The maximum Gasteiger partial charge on any atom is 0.0431 e. The summed E-state index contributed by atoms with van der Waals surface area (Å²) in [5.74, 6) is 0.776. The Bertz CT molecular complexity index is 118. The van der Waals surface area contributed by atoms with E-state index in [1.807, 2.05) is 0 Å². The molecule has 0 rings (SSSR count). The molecule has 1 atom stereocenters. The Morgan fingerprint density at radius 2 is 1.85 bits per heavy atom. The lowest BCUT2D eigenvalue weighted by atomic mass is 9.82. The summed E-state index contributed by atoms with van der Waals surface area (Å²) in [6.45, 7) is 9.58. The Balaban J connectivity index is 3.51. The molecule has 0 fully saturated rings. The van der Waals surface area contributed by atoms with Crippen LogP contribution in [0.15, 0.2) is 0 Å². The molecule has 1 N–H and O–H groups in total. The third kappa shape index (κ3) is 7.06. The van der Waals surface area contributed by atoms with Gasteiger partial charge in [-0.05, 0) is 30.6 Å². The third-order valence-electron chi connectivity index (χ3n) is 3.13. The Labute approximate surface area is 83.5 Å². The number of aliphatic hydroxyl groups excluding tert-OH is 1. The molecule has 1 unspecified atom stereocenters. The van der Waals surface area contributed by atoms with Gasteiger partial charge in [-0.2, -0.15) is 0 Å². The monoisotopic (exact) mass is 186 g/mol. The largest absolute Gasteiger partial charge is 0.396 e. The van der Waals surface area contributed by atoms with Gasteiger partial charge in [-0.15, -0.1) is 0 Å². The van der Waals surface area contributed by atoms with E-state index in [9.17, 15) is 0 Å². The first-order valence-corrected chi connectivity index (χ1v) is 5.62. The van der Waals surface area contributed by atoms with E-state index in [0.29, 0.717) is 12.0 Å². The fourth-order valence-electron chi connectivity index (χ4n) is 1.40. The van der Waals surface area contributed by atoms with E-state index < -0.39 is 0 Å². The Hall–Kier alpha value is -0.0400. The second-order valence-corrected chi connectivity index (χ2v) is 5.03. The first-order valence-electron chi connectivity index (χ1n) is 5.62. The molecule has 0 aromatic heterocycles. The summed E-state index contributed by atoms with van der Waals surface area (Å²) in [5.41, 5.74) is 0.507. The lowest BCUT2D eigenvalue weighted by molar-refractivity contribution is 0.253. The molecule has 0 spiro atoms. The van der Waals surface area contributed by atoms with Gasteiger partial charge < -0.3 is 5.11 Å². The molecular formula is C12H26O. The van der Waals surface area contributed by atoms with Crippen LogP contribution in [-0.2, 0) is 0 Å². The van der Waals surface area contributed by atoms with Crippen molar-refractivity contribution in [2.24, 2.45) is 11.3 Å². The van der Waals surface area contributed by atoms with Gasteiger partial charge in [0.05, 0.1) is 0 Å². The molecule has 0 bridgehead atoms. The highest BCUT2D eigenvalue weighted by molar-refractivity contribution is 4.68. The average molecular weight is 186 g/mol. The van der Waals surface area contributed by atoms with Gasteiger partial charge in [-0.25, -0.2) is 0 Å². The van der Waals surface area contributed by atoms with Crippen LogP contribution < -0.4 is 0 Å². The summed E-state index contributed by atoms with van der Waals surface area (Å²) in [4.78, 5) is 0. The van der Waals surface area contributed by atoms with E-state index in [2.05, 4.69) is 27.7 Å². The highest BCUT2D eigenvalue weighted by atomic mass is 16.2. The summed E-state index contributed by atoms with van der Waals surface area (Å²) >= 11 is 0. The van der Waals surface area contributed by atoms with Gasteiger partial charge in [-0.1, -0.05) is 40.5 Å². The van der Waals surface area contributed by atoms with Crippen LogP contribution in [0.3, 0.4) is 0 Å². The Kier molecular flexibility index (Phi) is 6.40. The van der Waals surface area contributed by atoms with Crippen LogP contribution in [0.5, 0.6) is 0 Å². The molecule has 0 aliphatic carbocycles. The smallest absolute Gasteiger partial charge is 0.0431 e. The lowest BCUT2D eigenvalue weighted by Crippen LogP contribution is -2.11. The average Bonchev–Trinajstić information content (AvgIpc) is 2.11. The van der Waals surface area contributed by atoms with Crippen molar-refractivity contribution in [1.82, 2.24) is 0 Å². The topological polar surface area (TPSA) is 20.2 Å². The standard InChI is InChI=1S/C12H26O/c1-5-12(3,4)9-8-11(2)7-6-10-13/h11,13H,5-10H2,1-4H3. The first-order chi connectivity index (χ1) is 6.02. The number of hydrogen-bond donors (Lipinski definition) is 1. The van der Waals surface area contributed by atoms with Gasteiger partial charge in [0.2, 0.25) is 0 Å². The predicted octanol–water partition coefficient (Wildman–Crippen LogP) is 3.61. The van der Waals surface area contributed by atoms with Crippen molar-refractivity contribution >= 4 is 0 Å². The zero-order chi connectivity index (χ0) is 10.3. The molecule has 0 saturated heterocycles. The minimum atomic E-state index is 0.349. The van der Waals surface area contributed by atoms with E-state index in [1.54, 1.807) is 0 Å². The Morgan fingerprint density at radius 1 is 1.23 bits per heavy atom. The van der Waals surface area contributed by atoms with Crippen LogP contribution in [0, 0.1) is 11.3 Å². The summed E-state index contributed by atoms with van der Waals surface area (Å²) < 4.78 is 0. The molecule has 0 radical (unpaired) electrons. The highest BCUT2D eigenvalue weighted by Gasteiger charge is 2.15. The summed E-state index contributed by atoms with van der Waals surface area (Å²) in [5, 5.41) is 8.69. The summed E-state index contributed by atoms with van der Waals surface area (Å²) in [7, 11) is 0.